The van der Waals surface area contributed by atoms with Gasteiger partial charge in [-0.3, -0.25) is 0 Å². The molecule has 0 atom stereocenters. The van der Waals surface area contributed by atoms with E-state index in [0.29, 0.717) is 20.6 Å². The summed E-state index contributed by atoms with van der Waals surface area (Å²) in [6, 6.07) is 3.07. The van der Waals surface area contributed by atoms with Crippen molar-refractivity contribution in [2.75, 3.05) is 0 Å². The smallest absolute Gasteiger partial charge is 0.0749 e. The second-order valence-corrected chi connectivity index (χ2v) is 3.26. The zero-order chi connectivity index (χ0) is 9.14. The molecule has 1 aromatic rings. The summed E-state index contributed by atoms with van der Waals surface area (Å²) in [5.41, 5.74) is 0.483. The van der Waals surface area contributed by atoms with Crippen molar-refractivity contribution in [2.45, 2.75) is 0 Å². The maximum atomic E-state index is 8.25. The molecule has 0 aliphatic heterocycles. The van der Waals surface area contributed by atoms with Crippen LogP contribution in [0.25, 0.3) is 0 Å². The van der Waals surface area contributed by atoms with Crippen LogP contribution in [0.2, 0.25) is 15.1 Å². The standard InChI is InChI=1S/C7H4Cl3NO/c8-5-1-4(3-11-12)7(10)6(9)2-5/h1-3,12H/b11-3-. The molecule has 0 saturated heterocycles. The molecular weight excluding hydrogens is 220 g/mol. The fourth-order valence-electron chi connectivity index (χ4n) is 0.732. The predicted octanol–water partition coefficient (Wildman–Crippen LogP) is 3.45. The van der Waals surface area contributed by atoms with Gasteiger partial charge in [0.25, 0.3) is 0 Å². The van der Waals surface area contributed by atoms with Gasteiger partial charge in [0.05, 0.1) is 16.3 Å². The first-order valence-corrected chi connectivity index (χ1v) is 4.10. The van der Waals surface area contributed by atoms with Crippen molar-refractivity contribution in [3.8, 4) is 0 Å². The zero-order valence-electron chi connectivity index (χ0n) is 5.76. The Kier molecular flexibility index (Phi) is 3.20. The Morgan fingerprint density at radius 1 is 1.25 bits per heavy atom. The lowest BCUT2D eigenvalue weighted by Gasteiger charge is -2.00. The summed E-state index contributed by atoms with van der Waals surface area (Å²) >= 11 is 17.1. The van der Waals surface area contributed by atoms with E-state index in [1.165, 1.54) is 12.3 Å². The Balaban J connectivity index is 3.27. The summed E-state index contributed by atoms with van der Waals surface area (Å²) in [7, 11) is 0. The van der Waals surface area contributed by atoms with Gasteiger partial charge < -0.3 is 5.21 Å². The summed E-state index contributed by atoms with van der Waals surface area (Å²) in [5, 5.41) is 12.2. The molecule has 0 spiro atoms. The van der Waals surface area contributed by atoms with E-state index in [1.807, 2.05) is 0 Å². The first-order valence-electron chi connectivity index (χ1n) is 2.97. The molecule has 0 unspecified atom stereocenters. The van der Waals surface area contributed by atoms with Gasteiger partial charge in [0.1, 0.15) is 0 Å². The van der Waals surface area contributed by atoms with Gasteiger partial charge in [0.2, 0.25) is 0 Å². The van der Waals surface area contributed by atoms with Crippen molar-refractivity contribution in [3.05, 3.63) is 32.8 Å². The van der Waals surface area contributed by atoms with Gasteiger partial charge in [-0.1, -0.05) is 40.0 Å². The molecule has 0 heterocycles. The van der Waals surface area contributed by atoms with E-state index in [-0.39, 0.29) is 0 Å². The highest BCUT2D eigenvalue weighted by molar-refractivity contribution is 6.44. The molecule has 2 nitrogen and oxygen atoms in total. The Morgan fingerprint density at radius 3 is 2.50 bits per heavy atom. The normalized spacial score (nSPS) is 10.9. The molecule has 0 aliphatic rings. The van der Waals surface area contributed by atoms with Crippen molar-refractivity contribution < 1.29 is 5.21 Å². The monoisotopic (exact) mass is 223 g/mol. The fraction of sp³-hybridized carbons (Fsp3) is 0. The van der Waals surface area contributed by atoms with Crippen molar-refractivity contribution in [2.24, 2.45) is 5.16 Å². The molecule has 0 fully saturated rings. The third-order valence-corrected chi connectivity index (χ3v) is 2.25. The number of nitrogens with zero attached hydrogens (tertiary/aromatic N) is 1. The molecular formula is C7H4Cl3NO. The van der Waals surface area contributed by atoms with Crippen LogP contribution in [0.4, 0.5) is 0 Å². The number of hydrogen-bond acceptors (Lipinski definition) is 2. The van der Waals surface area contributed by atoms with Crippen molar-refractivity contribution in [1.29, 1.82) is 0 Å². The molecule has 1 N–H and O–H groups in total. The second-order valence-electron chi connectivity index (χ2n) is 2.04. The highest BCUT2D eigenvalue weighted by Crippen LogP contribution is 2.28. The minimum atomic E-state index is 0.318. The lowest BCUT2D eigenvalue weighted by Crippen LogP contribution is -1.84. The van der Waals surface area contributed by atoms with Crippen LogP contribution in [-0.2, 0) is 0 Å². The summed E-state index contributed by atoms with van der Waals surface area (Å²) in [6.07, 6.45) is 1.17. The SMILES string of the molecule is O/N=C\c1cc(Cl)cc(Cl)c1Cl. The van der Waals surface area contributed by atoms with Crippen molar-refractivity contribution in [1.82, 2.24) is 0 Å². The van der Waals surface area contributed by atoms with Gasteiger partial charge in [-0.2, -0.15) is 0 Å². The maximum absolute atomic E-state index is 8.25. The molecule has 1 aromatic carbocycles. The summed E-state index contributed by atoms with van der Waals surface area (Å²) < 4.78 is 0. The van der Waals surface area contributed by atoms with Gasteiger partial charge in [0, 0.05) is 10.6 Å². The van der Waals surface area contributed by atoms with Crippen LogP contribution < -0.4 is 0 Å². The average Bonchev–Trinajstić information content (AvgIpc) is 2.00. The second kappa shape index (κ2) is 3.99. The highest BCUT2D eigenvalue weighted by atomic mass is 35.5. The van der Waals surface area contributed by atoms with E-state index in [1.54, 1.807) is 6.07 Å². The van der Waals surface area contributed by atoms with E-state index < -0.39 is 0 Å². The third-order valence-electron chi connectivity index (χ3n) is 1.22. The van der Waals surface area contributed by atoms with Gasteiger partial charge >= 0.3 is 0 Å². The number of oxime groups is 1. The van der Waals surface area contributed by atoms with Gasteiger partial charge in [-0.25, -0.2) is 0 Å². The zero-order valence-corrected chi connectivity index (χ0v) is 8.03. The average molecular weight is 224 g/mol. The molecule has 1 rings (SSSR count). The minimum Gasteiger partial charge on any atom is -0.411 e. The third kappa shape index (κ3) is 2.03. The van der Waals surface area contributed by atoms with Gasteiger partial charge in [-0.05, 0) is 12.1 Å². The topological polar surface area (TPSA) is 32.6 Å². The van der Waals surface area contributed by atoms with E-state index in [4.69, 9.17) is 40.0 Å². The molecule has 0 aliphatic carbocycles. The number of rotatable bonds is 1. The van der Waals surface area contributed by atoms with Crippen LogP contribution >= 0.6 is 34.8 Å². The Labute approximate surface area is 84.3 Å². The molecule has 0 bridgehead atoms. The Morgan fingerprint density at radius 2 is 1.92 bits per heavy atom. The molecule has 0 aromatic heterocycles. The fourth-order valence-corrected chi connectivity index (χ4v) is 1.40. The van der Waals surface area contributed by atoms with E-state index >= 15 is 0 Å². The predicted molar refractivity (Wildman–Crippen MR) is 50.9 cm³/mol. The highest BCUT2D eigenvalue weighted by Gasteiger charge is 2.04. The first kappa shape index (κ1) is 9.65. The molecule has 5 heteroatoms. The number of halogens is 3. The molecule has 12 heavy (non-hydrogen) atoms. The van der Waals surface area contributed by atoms with Crippen LogP contribution in [0.1, 0.15) is 5.56 Å². The van der Waals surface area contributed by atoms with Crippen LogP contribution in [0.3, 0.4) is 0 Å². The van der Waals surface area contributed by atoms with Gasteiger partial charge in [-0.15, -0.1) is 0 Å². The molecule has 0 saturated carbocycles. The number of hydrogen-bond donors (Lipinski definition) is 1. The summed E-state index contributed by atoms with van der Waals surface area (Å²) in [6.45, 7) is 0. The van der Waals surface area contributed by atoms with Crippen molar-refractivity contribution in [3.63, 3.8) is 0 Å². The number of benzene rings is 1. The van der Waals surface area contributed by atoms with Crippen LogP contribution in [0, 0.1) is 0 Å². The summed E-state index contributed by atoms with van der Waals surface area (Å²) in [5.74, 6) is 0. The van der Waals surface area contributed by atoms with Crippen molar-refractivity contribution >= 4 is 41.0 Å². The first-order chi connectivity index (χ1) is 5.65. The van der Waals surface area contributed by atoms with Crippen LogP contribution in [0.5, 0.6) is 0 Å². The van der Waals surface area contributed by atoms with E-state index in [2.05, 4.69) is 5.16 Å². The Hall–Kier alpha value is -0.440. The molecule has 0 radical (unpaired) electrons. The maximum Gasteiger partial charge on any atom is 0.0749 e. The molecule has 64 valence electrons. The largest absolute Gasteiger partial charge is 0.411 e. The lowest BCUT2D eigenvalue weighted by atomic mass is 10.2. The minimum absolute atomic E-state index is 0.318. The molecule has 0 amide bonds. The lowest BCUT2D eigenvalue weighted by molar-refractivity contribution is 0.322. The quantitative estimate of drug-likeness (QED) is 0.337. The van der Waals surface area contributed by atoms with E-state index in [0.717, 1.165) is 0 Å². The van der Waals surface area contributed by atoms with Crippen LogP contribution in [-0.4, -0.2) is 11.4 Å². The van der Waals surface area contributed by atoms with Crippen LogP contribution in [0.15, 0.2) is 17.3 Å². The summed E-state index contributed by atoms with van der Waals surface area (Å²) in [4.78, 5) is 0. The van der Waals surface area contributed by atoms with Gasteiger partial charge in [0.15, 0.2) is 0 Å². The Bertz CT molecular complexity index is 325. The van der Waals surface area contributed by atoms with E-state index in [9.17, 15) is 0 Å².